The molecule has 9 nitrogen and oxygen atoms in total. The molecule has 170 valence electrons. The smallest absolute Gasteiger partial charge is 0.344 e. The standard InChI is InChI=1S/C20H25ClN2O7S/c1-6-23-20(30-11-16(24)29-8-7-28-4)15(10-22-23)18(25)14-9-12(2)19(31(5,26)27)13(3)17(14)21/h9-10H,6-8,11H2,1-5H3. The number of sulfone groups is 1. The van der Waals surface area contributed by atoms with Crippen molar-refractivity contribution in [1.82, 2.24) is 9.78 Å². The second-order valence-corrected chi connectivity index (χ2v) is 9.12. The number of ether oxygens (including phenoxy) is 3. The first-order chi connectivity index (χ1) is 14.5. The van der Waals surface area contributed by atoms with Gasteiger partial charge in [0.1, 0.15) is 12.2 Å². The third-order valence-corrected chi connectivity index (χ3v) is 6.31. The van der Waals surface area contributed by atoms with E-state index in [-0.39, 0.29) is 40.1 Å². The van der Waals surface area contributed by atoms with Gasteiger partial charge in [0.25, 0.3) is 0 Å². The minimum atomic E-state index is -3.53. The quantitative estimate of drug-likeness (QED) is 0.294. The van der Waals surface area contributed by atoms with Gasteiger partial charge in [0.2, 0.25) is 11.7 Å². The van der Waals surface area contributed by atoms with Gasteiger partial charge in [-0.25, -0.2) is 17.9 Å². The molecule has 11 heteroatoms. The number of carbonyl (C=O) groups excluding carboxylic acids is 2. The highest BCUT2D eigenvalue weighted by Crippen LogP contribution is 2.33. The summed E-state index contributed by atoms with van der Waals surface area (Å²) in [6.07, 6.45) is 2.41. The van der Waals surface area contributed by atoms with Crippen molar-refractivity contribution in [2.24, 2.45) is 0 Å². The first-order valence-corrected chi connectivity index (χ1v) is 11.7. The topological polar surface area (TPSA) is 114 Å². The number of aromatic nitrogens is 2. The summed E-state index contributed by atoms with van der Waals surface area (Å²) >= 11 is 6.37. The van der Waals surface area contributed by atoms with Crippen LogP contribution in [0, 0.1) is 13.8 Å². The number of halogens is 1. The van der Waals surface area contributed by atoms with Crippen molar-refractivity contribution >= 4 is 33.2 Å². The van der Waals surface area contributed by atoms with E-state index < -0.39 is 28.2 Å². The normalized spacial score (nSPS) is 11.4. The summed E-state index contributed by atoms with van der Waals surface area (Å²) < 4.78 is 40.9. The number of ketones is 1. The van der Waals surface area contributed by atoms with E-state index in [4.69, 9.17) is 25.8 Å². The number of rotatable bonds is 10. The fraction of sp³-hybridized carbons (Fsp3) is 0.450. The highest BCUT2D eigenvalue weighted by molar-refractivity contribution is 7.90. The molecule has 0 saturated carbocycles. The number of hydrogen-bond acceptors (Lipinski definition) is 8. The molecule has 0 aliphatic heterocycles. The molecule has 0 saturated heterocycles. The molecule has 0 aliphatic rings. The molecule has 31 heavy (non-hydrogen) atoms. The van der Waals surface area contributed by atoms with Crippen LogP contribution in [0.4, 0.5) is 0 Å². The molecule has 2 aromatic rings. The molecule has 0 spiro atoms. The summed E-state index contributed by atoms with van der Waals surface area (Å²) in [5, 5.41) is 4.16. The summed E-state index contributed by atoms with van der Waals surface area (Å²) in [5.74, 6) is -1.03. The van der Waals surface area contributed by atoms with Crippen molar-refractivity contribution in [2.45, 2.75) is 32.2 Å². The number of carbonyl (C=O) groups is 2. The SMILES string of the molecule is CCn1ncc(C(=O)c2cc(C)c(S(C)(=O)=O)c(C)c2Cl)c1OCC(=O)OCCOC. The maximum atomic E-state index is 13.2. The lowest BCUT2D eigenvalue weighted by Crippen LogP contribution is -2.19. The Morgan fingerprint density at radius 1 is 1.19 bits per heavy atom. The Hall–Kier alpha value is -2.43. The second-order valence-electron chi connectivity index (χ2n) is 6.79. The Bertz CT molecular complexity index is 1090. The fourth-order valence-corrected chi connectivity index (χ4v) is 4.73. The van der Waals surface area contributed by atoms with Crippen LogP contribution in [0.25, 0.3) is 0 Å². The van der Waals surface area contributed by atoms with Crippen LogP contribution in [0.5, 0.6) is 5.88 Å². The van der Waals surface area contributed by atoms with Gasteiger partial charge >= 0.3 is 5.97 Å². The molecule has 1 aromatic carbocycles. The van der Waals surface area contributed by atoms with Crippen molar-refractivity contribution in [3.63, 3.8) is 0 Å². The van der Waals surface area contributed by atoms with Crippen molar-refractivity contribution < 1.29 is 32.2 Å². The van der Waals surface area contributed by atoms with Crippen LogP contribution in [0.1, 0.15) is 34.0 Å². The van der Waals surface area contributed by atoms with Crippen LogP contribution in [-0.4, -0.2) is 63.1 Å². The van der Waals surface area contributed by atoms with Gasteiger partial charge in [0.05, 0.1) is 22.7 Å². The van der Waals surface area contributed by atoms with Gasteiger partial charge < -0.3 is 14.2 Å². The molecule has 2 rings (SSSR count). The van der Waals surface area contributed by atoms with E-state index in [0.29, 0.717) is 17.7 Å². The highest BCUT2D eigenvalue weighted by Gasteiger charge is 2.26. The zero-order valence-corrected chi connectivity index (χ0v) is 19.6. The average molecular weight is 473 g/mol. The van der Waals surface area contributed by atoms with Gasteiger partial charge in [-0.2, -0.15) is 5.10 Å². The molecule has 0 aliphatic carbocycles. The molecule has 0 amide bonds. The zero-order chi connectivity index (χ0) is 23.3. The van der Waals surface area contributed by atoms with Gasteiger partial charge in [-0.3, -0.25) is 4.79 Å². The summed E-state index contributed by atoms with van der Waals surface area (Å²) in [7, 11) is -2.04. The number of methoxy groups -OCH3 is 1. The van der Waals surface area contributed by atoms with Crippen LogP contribution in [0.15, 0.2) is 17.2 Å². The molecule has 0 N–H and O–H groups in total. The lowest BCUT2D eigenvalue weighted by Gasteiger charge is -2.14. The number of esters is 1. The molecule has 0 bridgehead atoms. The van der Waals surface area contributed by atoms with Crippen LogP contribution in [-0.2, 0) is 30.7 Å². The Labute approximate surface area is 186 Å². The van der Waals surface area contributed by atoms with E-state index in [1.807, 2.05) is 0 Å². The van der Waals surface area contributed by atoms with Gasteiger partial charge in [-0.1, -0.05) is 11.6 Å². The number of benzene rings is 1. The number of nitrogens with zero attached hydrogens (tertiary/aromatic N) is 2. The molecule has 0 unspecified atom stereocenters. The third-order valence-electron chi connectivity index (χ3n) is 4.45. The predicted molar refractivity (Wildman–Crippen MR) is 114 cm³/mol. The van der Waals surface area contributed by atoms with Crippen molar-refractivity contribution in [1.29, 1.82) is 0 Å². The molecule has 1 aromatic heterocycles. The van der Waals surface area contributed by atoms with Gasteiger partial charge in [0, 0.05) is 25.5 Å². The summed E-state index contributed by atoms with van der Waals surface area (Å²) in [4.78, 5) is 25.2. The maximum Gasteiger partial charge on any atom is 0.344 e. The van der Waals surface area contributed by atoms with E-state index in [9.17, 15) is 18.0 Å². The van der Waals surface area contributed by atoms with E-state index in [2.05, 4.69) is 5.10 Å². The molecule has 1 heterocycles. The Morgan fingerprint density at radius 3 is 2.45 bits per heavy atom. The lowest BCUT2D eigenvalue weighted by atomic mass is 10.0. The zero-order valence-electron chi connectivity index (χ0n) is 18.0. The third kappa shape index (κ3) is 5.63. The van der Waals surface area contributed by atoms with E-state index in [1.165, 1.54) is 24.1 Å². The first kappa shape index (κ1) is 24.8. The van der Waals surface area contributed by atoms with Crippen molar-refractivity contribution in [3.05, 3.63) is 39.5 Å². The van der Waals surface area contributed by atoms with Crippen LogP contribution < -0.4 is 4.74 Å². The monoisotopic (exact) mass is 472 g/mol. The van der Waals surface area contributed by atoms with Gasteiger partial charge in [0.15, 0.2) is 16.4 Å². The van der Waals surface area contributed by atoms with Crippen LogP contribution in [0.2, 0.25) is 5.02 Å². The summed E-state index contributed by atoms with van der Waals surface area (Å²) in [6.45, 7) is 5.24. The summed E-state index contributed by atoms with van der Waals surface area (Å²) in [5.41, 5.74) is 0.908. The highest BCUT2D eigenvalue weighted by atomic mass is 35.5. The Morgan fingerprint density at radius 2 is 1.87 bits per heavy atom. The van der Waals surface area contributed by atoms with Crippen molar-refractivity contribution in [2.75, 3.05) is 33.2 Å². The van der Waals surface area contributed by atoms with Gasteiger partial charge in [-0.15, -0.1) is 0 Å². The first-order valence-electron chi connectivity index (χ1n) is 9.40. The molecule has 0 radical (unpaired) electrons. The number of hydrogen-bond donors (Lipinski definition) is 0. The molecule has 0 atom stereocenters. The van der Waals surface area contributed by atoms with Crippen LogP contribution in [0.3, 0.4) is 0 Å². The fourth-order valence-electron chi connectivity index (χ4n) is 3.14. The van der Waals surface area contributed by atoms with Gasteiger partial charge in [-0.05, 0) is 38.0 Å². The van der Waals surface area contributed by atoms with Crippen molar-refractivity contribution in [3.8, 4) is 5.88 Å². The predicted octanol–water partition coefficient (Wildman–Crippen LogP) is 2.38. The average Bonchev–Trinajstić information content (AvgIpc) is 3.10. The second kappa shape index (κ2) is 10.3. The summed E-state index contributed by atoms with van der Waals surface area (Å²) in [6, 6.07) is 1.43. The Kier molecular flexibility index (Phi) is 8.21. The molecular formula is C20H25ClN2O7S. The lowest BCUT2D eigenvalue weighted by molar-refractivity contribution is -0.147. The minimum Gasteiger partial charge on any atom is -0.465 e. The maximum absolute atomic E-state index is 13.2. The molecule has 0 fully saturated rings. The minimum absolute atomic E-state index is 0.0326. The number of aryl methyl sites for hydroxylation is 2. The largest absolute Gasteiger partial charge is 0.465 e. The van der Waals surface area contributed by atoms with E-state index >= 15 is 0 Å². The van der Waals surface area contributed by atoms with E-state index in [0.717, 1.165) is 6.26 Å². The molecular weight excluding hydrogens is 448 g/mol. The Balaban J connectivity index is 2.39. The van der Waals surface area contributed by atoms with Crippen LogP contribution >= 0.6 is 11.6 Å². The van der Waals surface area contributed by atoms with E-state index in [1.54, 1.807) is 20.8 Å².